The Morgan fingerprint density at radius 2 is 2.00 bits per heavy atom. The smallest absolute Gasteiger partial charge is 0.303 e. The molecule has 4 heteroatoms. The highest BCUT2D eigenvalue weighted by Gasteiger charge is 1.92. The molecule has 0 aromatic rings. The lowest BCUT2D eigenvalue weighted by atomic mass is 10.2. The number of carbonyl (C=O) groups is 1. The zero-order chi connectivity index (χ0) is 10.5. The van der Waals surface area contributed by atoms with Crippen molar-refractivity contribution in [2.75, 3.05) is 20.2 Å². The second-order valence-electron chi connectivity index (χ2n) is 2.68. The van der Waals surface area contributed by atoms with Crippen LogP contribution < -0.4 is 5.32 Å². The van der Waals surface area contributed by atoms with Gasteiger partial charge in [-0.05, 0) is 13.5 Å². The van der Waals surface area contributed by atoms with Crippen molar-refractivity contribution < 1.29 is 15.0 Å². The number of carboxylic acids is 1. The summed E-state index contributed by atoms with van der Waals surface area (Å²) in [5.74, 6) is -0.682. The molecule has 0 bridgehead atoms. The van der Waals surface area contributed by atoms with Gasteiger partial charge in [0.1, 0.15) is 0 Å². The number of unbranched alkanes of at least 4 members (excludes halogenated alkanes) is 2. The maximum absolute atomic E-state index is 9.87. The van der Waals surface area contributed by atoms with Crippen molar-refractivity contribution in [3.63, 3.8) is 0 Å². The van der Waals surface area contributed by atoms with Crippen LogP contribution in [0.4, 0.5) is 0 Å². The van der Waals surface area contributed by atoms with Crippen LogP contribution in [0.25, 0.3) is 0 Å². The number of aliphatic hydroxyl groups is 1. The fraction of sp³-hybridized carbons (Fsp3) is 0.889. The average Bonchev–Trinajstić information content (AvgIpc) is 2.07. The molecular formula is C9H21NO3. The highest BCUT2D eigenvalue weighted by atomic mass is 16.4. The summed E-state index contributed by atoms with van der Waals surface area (Å²) in [4.78, 5) is 9.87. The number of aliphatic hydroxyl groups excluding tert-OH is 1. The molecule has 0 aliphatic carbocycles. The summed E-state index contributed by atoms with van der Waals surface area (Å²) >= 11 is 0. The van der Waals surface area contributed by atoms with Gasteiger partial charge in [0, 0.05) is 13.0 Å². The topological polar surface area (TPSA) is 69.6 Å². The van der Waals surface area contributed by atoms with Crippen LogP contribution >= 0.6 is 0 Å². The Bertz CT molecular complexity index is 105. The second kappa shape index (κ2) is 13.9. The minimum atomic E-state index is -0.682. The zero-order valence-electron chi connectivity index (χ0n) is 8.55. The molecule has 0 rings (SSSR count). The molecule has 4 nitrogen and oxygen atoms in total. The van der Waals surface area contributed by atoms with Crippen LogP contribution in [0.15, 0.2) is 0 Å². The van der Waals surface area contributed by atoms with Gasteiger partial charge in [-0.15, -0.1) is 0 Å². The third kappa shape index (κ3) is 24.6. The minimum absolute atomic E-state index is 0.233. The first kappa shape index (κ1) is 14.9. The number of likely N-dealkylation sites (N-methyl/N-ethyl adjacent to an activating group) is 1. The zero-order valence-corrected chi connectivity index (χ0v) is 8.55. The van der Waals surface area contributed by atoms with E-state index in [0.717, 1.165) is 19.3 Å². The Balaban J connectivity index is 0. The quantitative estimate of drug-likeness (QED) is 0.544. The third-order valence-corrected chi connectivity index (χ3v) is 1.36. The van der Waals surface area contributed by atoms with Gasteiger partial charge in [0.25, 0.3) is 0 Å². The van der Waals surface area contributed by atoms with Gasteiger partial charge in [-0.2, -0.15) is 0 Å². The number of hydrogen-bond donors (Lipinski definition) is 3. The summed E-state index contributed by atoms with van der Waals surface area (Å²) in [6.07, 6.45) is 3.28. The summed E-state index contributed by atoms with van der Waals surface area (Å²) in [6, 6.07) is 0. The van der Waals surface area contributed by atoms with Crippen LogP contribution in [0.1, 0.15) is 32.6 Å². The van der Waals surface area contributed by atoms with E-state index >= 15 is 0 Å². The highest BCUT2D eigenvalue weighted by Crippen LogP contribution is 1.97. The molecular weight excluding hydrogens is 170 g/mol. The van der Waals surface area contributed by atoms with Gasteiger partial charge in [-0.1, -0.05) is 19.8 Å². The Kier molecular flexibility index (Phi) is 16.0. The molecule has 0 radical (unpaired) electrons. The summed E-state index contributed by atoms with van der Waals surface area (Å²) in [6.45, 7) is 2.98. The monoisotopic (exact) mass is 191 g/mol. The first-order valence-electron chi connectivity index (χ1n) is 4.66. The fourth-order valence-electron chi connectivity index (χ4n) is 0.638. The maximum atomic E-state index is 9.87. The molecule has 0 spiro atoms. The maximum Gasteiger partial charge on any atom is 0.303 e. The van der Waals surface area contributed by atoms with Crippen LogP contribution in [0, 0.1) is 0 Å². The second-order valence-corrected chi connectivity index (χ2v) is 2.68. The molecule has 0 unspecified atom stereocenters. The average molecular weight is 191 g/mol. The lowest BCUT2D eigenvalue weighted by molar-refractivity contribution is -0.137. The molecule has 0 saturated carbocycles. The van der Waals surface area contributed by atoms with Gasteiger partial charge in [0.15, 0.2) is 0 Å². The standard InChI is InChI=1S/C6H12O2.C3H9NO/c1-2-3-4-5-6(7)8;1-4-2-3-5/h2-5H2,1H3,(H,7,8);4-5H,2-3H2,1H3. The van der Waals surface area contributed by atoms with Crippen LogP contribution in [0.3, 0.4) is 0 Å². The molecule has 80 valence electrons. The van der Waals surface area contributed by atoms with Crippen LogP contribution in [-0.4, -0.2) is 36.4 Å². The number of hydrogen-bond acceptors (Lipinski definition) is 3. The highest BCUT2D eigenvalue weighted by molar-refractivity contribution is 5.66. The first-order chi connectivity index (χ1) is 6.18. The number of carboxylic acid groups (broad SMARTS) is 1. The van der Waals surface area contributed by atoms with E-state index < -0.39 is 5.97 Å². The van der Waals surface area contributed by atoms with E-state index in [2.05, 4.69) is 12.2 Å². The van der Waals surface area contributed by atoms with Crippen LogP contribution in [0.5, 0.6) is 0 Å². The van der Waals surface area contributed by atoms with E-state index in [0.29, 0.717) is 13.0 Å². The molecule has 0 atom stereocenters. The molecule has 0 saturated heterocycles. The van der Waals surface area contributed by atoms with Crippen molar-refractivity contribution >= 4 is 5.97 Å². The van der Waals surface area contributed by atoms with Crippen molar-refractivity contribution in [2.45, 2.75) is 32.6 Å². The first-order valence-corrected chi connectivity index (χ1v) is 4.66. The summed E-state index contributed by atoms with van der Waals surface area (Å²) in [5.41, 5.74) is 0. The molecule has 0 heterocycles. The lowest BCUT2D eigenvalue weighted by Crippen LogP contribution is -2.10. The fourth-order valence-corrected chi connectivity index (χ4v) is 0.638. The Labute approximate surface area is 80.0 Å². The third-order valence-electron chi connectivity index (χ3n) is 1.36. The van der Waals surface area contributed by atoms with Gasteiger partial charge in [0.2, 0.25) is 0 Å². The van der Waals surface area contributed by atoms with E-state index in [1.54, 1.807) is 7.05 Å². The summed E-state index contributed by atoms with van der Waals surface area (Å²) < 4.78 is 0. The SMILES string of the molecule is CCCCCC(=O)O.CNCCO. The molecule has 13 heavy (non-hydrogen) atoms. The van der Waals surface area contributed by atoms with Crippen molar-refractivity contribution in [1.82, 2.24) is 5.32 Å². The largest absolute Gasteiger partial charge is 0.481 e. The van der Waals surface area contributed by atoms with Crippen LogP contribution in [-0.2, 0) is 4.79 Å². The molecule has 0 aliphatic heterocycles. The Morgan fingerprint density at radius 1 is 1.38 bits per heavy atom. The predicted molar refractivity (Wildman–Crippen MR) is 52.8 cm³/mol. The van der Waals surface area contributed by atoms with Crippen molar-refractivity contribution in [3.05, 3.63) is 0 Å². The van der Waals surface area contributed by atoms with Crippen molar-refractivity contribution in [1.29, 1.82) is 0 Å². The summed E-state index contributed by atoms with van der Waals surface area (Å²) in [5, 5.41) is 18.9. The van der Waals surface area contributed by atoms with E-state index in [1.165, 1.54) is 0 Å². The van der Waals surface area contributed by atoms with Gasteiger partial charge in [0.05, 0.1) is 6.61 Å². The molecule has 0 aromatic carbocycles. The van der Waals surface area contributed by atoms with Gasteiger partial charge in [-0.25, -0.2) is 0 Å². The van der Waals surface area contributed by atoms with Crippen LogP contribution in [0.2, 0.25) is 0 Å². The van der Waals surface area contributed by atoms with E-state index in [1.807, 2.05) is 0 Å². The van der Waals surface area contributed by atoms with E-state index in [4.69, 9.17) is 10.2 Å². The van der Waals surface area contributed by atoms with Gasteiger partial charge in [-0.3, -0.25) is 4.79 Å². The van der Waals surface area contributed by atoms with Gasteiger partial charge >= 0.3 is 5.97 Å². The van der Waals surface area contributed by atoms with Crippen molar-refractivity contribution in [3.8, 4) is 0 Å². The number of nitrogens with one attached hydrogen (secondary N) is 1. The molecule has 0 fully saturated rings. The Morgan fingerprint density at radius 3 is 2.23 bits per heavy atom. The molecule has 0 amide bonds. The van der Waals surface area contributed by atoms with Gasteiger partial charge < -0.3 is 15.5 Å². The van der Waals surface area contributed by atoms with E-state index in [-0.39, 0.29) is 6.61 Å². The Hall–Kier alpha value is -0.610. The molecule has 0 aromatic heterocycles. The number of aliphatic carboxylic acids is 1. The predicted octanol–water partition coefficient (Wildman–Crippen LogP) is 0.849. The lowest BCUT2D eigenvalue weighted by Gasteiger charge is -1.89. The number of rotatable bonds is 6. The van der Waals surface area contributed by atoms with E-state index in [9.17, 15) is 4.79 Å². The normalized spacial score (nSPS) is 8.85. The van der Waals surface area contributed by atoms with Crippen molar-refractivity contribution in [2.24, 2.45) is 0 Å². The molecule has 0 aliphatic rings. The summed E-state index contributed by atoms with van der Waals surface area (Å²) in [7, 11) is 1.80. The molecule has 3 N–H and O–H groups in total. The minimum Gasteiger partial charge on any atom is -0.481 e.